The Kier molecular flexibility index (Phi) is 2.64. The van der Waals surface area contributed by atoms with Gasteiger partial charge < -0.3 is 9.64 Å². The second-order valence-electron chi connectivity index (χ2n) is 9.71. The van der Waals surface area contributed by atoms with Gasteiger partial charge in [-0.25, -0.2) is 0 Å². The molecule has 4 fully saturated rings. The molecule has 5 heterocycles. The van der Waals surface area contributed by atoms with E-state index in [1.165, 1.54) is 35.2 Å². The minimum Gasteiger partial charge on any atom is -0.373 e. The lowest BCUT2D eigenvalue weighted by Gasteiger charge is -2.58. The zero-order valence-corrected chi connectivity index (χ0v) is 16.1. The number of carbonyl (C=O) groups is 1. The van der Waals surface area contributed by atoms with E-state index in [1.807, 2.05) is 0 Å². The highest BCUT2D eigenvalue weighted by Gasteiger charge is 2.71. The molecule has 1 spiro atoms. The number of fused-ring (bicyclic) bond motifs is 2. The summed E-state index contributed by atoms with van der Waals surface area (Å²) < 4.78 is 6.30. The first-order valence-corrected chi connectivity index (χ1v) is 10.6. The van der Waals surface area contributed by atoms with Gasteiger partial charge in [-0.1, -0.05) is 17.7 Å². The number of rotatable bonds is 0. The number of amides is 1. The summed E-state index contributed by atoms with van der Waals surface area (Å²) in [6.45, 7) is 7.37. The predicted octanol–water partition coefficient (Wildman–Crippen LogP) is 2.71. The monoisotopic (exact) mass is 362 g/mol. The minimum atomic E-state index is 0.0963. The van der Waals surface area contributed by atoms with Gasteiger partial charge in [-0.15, -0.1) is 0 Å². The van der Waals surface area contributed by atoms with Crippen LogP contribution in [0.2, 0.25) is 0 Å². The van der Waals surface area contributed by atoms with Crippen LogP contribution in [0.4, 0.5) is 5.69 Å². The zero-order chi connectivity index (χ0) is 18.1. The SMILES string of the molecule is Cc1cc2c(cc1C)[C@@]13CCN4CC5=CCO[C@H]6CC(=O)N2[C@H]1[C@@H]6[C@@H]5C[C@@H]43. The Hall–Kier alpha value is -1.65. The lowest BCUT2D eigenvalue weighted by Crippen LogP contribution is -2.69. The van der Waals surface area contributed by atoms with Crippen LogP contribution in [0.15, 0.2) is 23.8 Å². The topological polar surface area (TPSA) is 32.8 Å². The Labute approximate surface area is 160 Å². The molecular weight excluding hydrogens is 336 g/mol. The highest BCUT2D eigenvalue weighted by molar-refractivity contribution is 5.99. The van der Waals surface area contributed by atoms with E-state index in [4.69, 9.17) is 4.74 Å². The first kappa shape index (κ1) is 15.3. The molecule has 140 valence electrons. The number of anilines is 1. The van der Waals surface area contributed by atoms with Crippen LogP contribution in [-0.2, 0) is 14.9 Å². The summed E-state index contributed by atoms with van der Waals surface area (Å²) in [4.78, 5) is 18.3. The molecule has 3 saturated heterocycles. The summed E-state index contributed by atoms with van der Waals surface area (Å²) in [6, 6.07) is 5.60. The number of hydrogen-bond donors (Lipinski definition) is 0. The van der Waals surface area contributed by atoms with Crippen molar-refractivity contribution in [3.8, 4) is 0 Å². The molecule has 0 unspecified atom stereocenters. The fraction of sp³-hybridized carbons (Fsp3) is 0.609. The van der Waals surface area contributed by atoms with Gasteiger partial charge in [-0.2, -0.15) is 0 Å². The Morgan fingerprint density at radius 1 is 1.22 bits per heavy atom. The first-order chi connectivity index (χ1) is 13.1. The lowest BCUT2D eigenvalue weighted by molar-refractivity contribution is -0.132. The van der Waals surface area contributed by atoms with E-state index in [2.05, 4.69) is 41.9 Å². The van der Waals surface area contributed by atoms with Crippen LogP contribution < -0.4 is 4.90 Å². The molecule has 1 aromatic rings. The number of ether oxygens (including phenoxy) is 1. The molecule has 27 heavy (non-hydrogen) atoms. The van der Waals surface area contributed by atoms with Crippen LogP contribution in [0.3, 0.4) is 0 Å². The predicted molar refractivity (Wildman–Crippen MR) is 103 cm³/mol. The second kappa shape index (κ2) is 4.66. The molecule has 0 aromatic heterocycles. The van der Waals surface area contributed by atoms with Gasteiger partial charge in [0, 0.05) is 29.6 Å². The van der Waals surface area contributed by atoms with Crippen LogP contribution in [0.25, 0.3) is 0 Å². The van der Waals surface area contributed by atoms with Gasteiger partial charge in [-0.05, 0) is 61.9 Å². The second-order valence-corrected chi connectivity index (χ2v) is 9.71. The maximum atomic E-state index is 13.4. The average molecular weight is 362 g/mol. The number of hydrogen-bond acceptors (Lipinski definition) is 3. The van der Waals surface area contributed by atoms with Gasteiger partial charge in [0.05, 0.1) is 25.2 Å². The van der Waals surface area contributed by atoms with Crippen molar-refractivity contribution in [3.63, 3.8) is 0 Å². The summed E-state index contributed by atoms with van der Waals surface area (Å²) in [5.74, 6) is 1.34. The molecule has 1 aromatic carbocycles. The van der Waals surface area contributed by atoms with E-state index in [0.29, 0.717) is 30.9 Å². The highest BCUT2D eigenvalue weighted by atomic mass is 16.5. The van der Waals surface area contributed by atoms with Gasteiger partial charge in [0.1, 0.15) is 0 Å². The normalized spacial score (nSPS) is 43.5. The fourth-order valence-electron chi connectivity index (χ4n) is 7.80. The number of carbonyl (C=O) groups excluding carboxylic acids is 1. The van der Waals surface area contributed by atoms with Gasteiger partial charge in [0.2, 0.25) is 5.91 Å². The minimum absolute atomic E-state index is 0.0963. The summed E-state index contributed by atoms with van der Waals surface area (Å²) in [6.07, 6.45) is 5.43. The van der Waals surface area contributed by atoms with Crippen molar-refractivity contribution in [3.05, 3.63) is 40.5 Å². The smallest absolute Gasteiger partial charge is 0.229 e. The van der Waals surface area contributed by atoms with Crippen molar-refractivity contribution in [2.75, 3.05) is 24.6 Å². The fourth-order valence-corrected chi connectivity index (χ4v) is 7.80. The maximum Gasteiger partial charge on any atom is 0.229 e. The number of piperidine rings is 2. The largest absolute Gasteiger partial charge is 0.373 e. The number of aryl methyl sites for hydroxylation is 2. The Balaban J connectivity index is 1.55. The molecular formula is C23H26N2O2. The lowest BCUT2D eigenvalue weighted by atomic mass is 9.53. The van der Waals surface area contributed by atoms with Crippen molar-refractivity contribution >= 4 is 11.6 Å². The molecule has 0 radical (unpaired) electrons. The molecule has 4 nitrogen and oxygen atoms in total. The van der Waals surface area contributed by atoms with E-state index in [1.54, 1.807) is 5.57 Å². The van der Waals surface area contributed by atoms with E-state index in [9.17, 15) is 4.79 Å². The third-order valence-corrected chi connectivity index (χ3v) is 8.93. The molecule has 1 saturated carbocycles. The number of nitrogens with zero attached hydrogens (tertiary/aromatic N) is 2. The molecule has 6 atom stereocenters. The third-order valence-electron chi connectivity index (χ3n) is 8.93. The molecule has 6 aliphatic rings. The summed E-state index contributed by atoms with van der Waals surface area (Å²) >= 11 is 0. The van der Waals surface area contributed by atoms with Crippen molar-refractivity contribution in [2.45, 2.75) is 56.7 Å². The van der Waals surface area contributed by atoms with E-state index >= 15 is 0 Å². The molecule has 1 amide bonds. The van der Waals surface area contributed by atoms with Crippen molar-refractivity contribution in [2.24, 2.45) is 11.8 Å². The molecule has 1 aliphatic carbocycles. The van der Waals surface area contributed by atoms with Crippen LogP contribution in [0.1, 0.15) is 36.0 Å². The first-order valence-electron chi connectivity index (χ1n) is 10.6. The Morgan fingerprint density at radius 2 is 2.07 bits per heavy atom. The quantitative estimate of drug-likeness (QED) is 0.666. The summed E-state index contributed by atoms with van der Waals surface area (Å²) in [7, 11) is 0. The van der Waals surface area contributed by atoms with Crippen LogP contribution >= 0.6 is 0 Å². The van der Waals surface area contributed by atoms with Gasteiger partial charge in [-0.3, -0.25) is 9.69 Å². The van der Waals surface area contributed by atoms with E-state index in [0.717, 1.165) is 13.1 Å². The van der Waals surface area contributed by atoms with E-state index < -0.39 is 0 Å². The van der Waals surface area contributed by atoms with E-state index in [-0.39, 0.29) is 23.5 Å². The van der Waals surface area contributed by atoms with Crippen LogP contribution in [0, 0.1) is 25.7 Å². The van der Waals surface area contributed by atoms with Gasteiger partial charge >= 0.3 is 0 Å². The number of benzene rings is 1. The molecule has 0 N–H and O–H groups in total. The Bertz CT molecular complexity index is 937. The zero-order valence-electron chi connectivity index (χ0n) is 16.1. The van der Waals surface area contributed by atoms with Crippen molar-refractivity contribution in [1.82, 2.24) is 4.90 Å². The molecule has 4 heteroatoms. The maximum absolute atomic E-state index is 13.4. The third kappa shape index (κ3) is 1.56. The average Bonchev–Trinajstić information content (AvgIpc) is 3.10. The van der Waals surface area contributed by atoms with Gasteiger partial charge in [0.25, 0.3) is 0 Å². The standard InChI is InChI=1S/C23H26N2O2/c1-12-7-16-17(8-13(12)2)25-20(26)10-18-21-15-9-19-23(16,22(21)25)4-5-24(19)11-14(15)3-6-27-18/h3,7-8,15,18-19,21-22H,4-6,9-11H2,1-2H3/t15-,18+,19-,21-,22+,23-/m1/s1. The molecule has 2 bridgehead atoms. The Morgan fingerprint density at radius 3 is 2.96 bits per heavy atom. The van der Waals surface area contributed by atoms with Crippen molar-refractivity contribution < 1.29 is 9.53 Å². The molecule has 5 aliphatic heterocycles. The van der Waals surface area contributed by atoms with Crippen LogP contribution in [-0.4, -0.2) is 48.7 Å². The van der Waals surface area contributed by atoms with Crippen molar-refractivity contribution in [1.29, 1.82) is 0 Å². The van der Waals surface area contributed by atoms with Crippen LogP contribution in [0.5, 0.6) is 0 Å². The summed E-state index contributed by atoms with van der Waals surface area (Å²) in [5, 5.41) is 0. The molecule has 7 rings (SSSR count). The summed E-state index contributed by atoms with van der Waals surface area (Å²) in [5.41, 5.74) is 7.05. The highest BCUT2D eigenvalue weighted by Crippen LogP contribution is 2.65. The van der Waals surface area contributed by atoms with Gasteiger partial charge in [0.15, 0.2) is 0 Å².